The zero-order valence-corrected chi connectivity index (χ0v) is 20.6. The van der Waals surface area contributed by atoms with Crippen molar-refractivity contribution in [3.63, 3.8) is 0 Å². The first-order valence-corrected chi connectivity index (χ1v) is 11.5. The van der Waals surface area contributed by atoms with Gasteiger partial charge >= 0.3 is 11.7 Å². The number of methoxy groups -OCH3 is 1. The third kappa shape index (κ3) is 4.84. The van der Waals surface area contributed by atoms with Crippen LogP contribution in [0.1, 0.15) is 53.7 Å². The van der Waals surface area contributed by atoms with Crippen molar-refractivity contribution in [3.8, 4) is 5.75 Å². The molecule has 0 saturated carbocycles. The summed E-state index contributed by atoms with van der Waals surface area (Å²) < 4.78 is 20.8. The molecule has 3 N–H and O–H groups in total. The number of nitrogens with one attached hydrogen (secondary N) is 1. The monoisotopic (exact) mass is 507 g/mol. The number of thiophene rings is 1. The number of carboxylic acids is 1. The fourth-order valence-electron chi connectivity index (χ4n) is 3.83. The number of hydrogen-bond acceptors (Lipinski definition) is 7. The number of carbonyl (C=O) groups excluding carboxylic acids is 1. The highest BCUT2D eigenvalue weighted by Crippen LogP contribution is 2.31. The van der Waals surface area contributed by atoms with E-state index in [0.717, 1.165) is 21.3 Å². The summed E-state index contributed by atoms with van der Waals surface area (Å²) >= 11 is 0.710. The normalized spacial score (nSPS) is 13.1. The molecule has 3 rings (SSSR count). The Labute approximate surface area is 203 Å². The Morgan fingerprint density at radius 1 is 1.23 bits per heavy atom. The average molecular weight is 508 g/mol. The number of halogens is 1. The van der Waals surface area contributed by atoms with Crippen LogP contribution in [-0.4, -0.2) is 44.4 Å². The summed E-state index contributed by atoms with van der Waals surface area (Å²) in [5.74, 6) is -2.33. The van der Waals surface area contributed by atoms with E-state index in [1.807, 2.05) is 0 Å². The minimum absolute atomic E-state index is 0.0250. The molecule has 0 spiro atoms. The molecule has 10 nitrogen and oxygen atoms in total. The fraction of sp³-hybridized carbons (Fsp3) is 0.391. The molecule has 2 unspecified atom stereocenters. The number of aliphatic hydroxyl groups excluding tert-OH is 1. The number of nitrogens with zero attached hydrogens (tertiary/aromatic N) is 2. The number of rotatable bonds is 8. The number of aromatic carboxylic acids is 1. The van der Waals surface area contributed by atoms with Gasteiger partial charge in [-0.2, -0.15) is 0 Å². The lowest BCUT2D eigenvalue weighted by Crippen LogP contribution is -2.47. The third-order valence-corrected chi connectivity index (χ3v) is 6.84. The second-order valence-electron chi connectivity index (χ2n) is 8.35. The van der Waals surface area contributed by atoms with Gasteiger partial charge < -0.3 is 20.3 Å². The predicted molar refractivity (Wildman–Crippen MR) is 128 cm³/mol. The van der Waals surface area contributed by atoms with Crippen LogP contribution in [0.25, 0.3) is 10.2 Å². The average Bonchev–Trinajstić information content (AvgIpc) is 3.13. The molecule has 2 aromatic heterocycles. The van der Waals surface area contributed by atoms with Gasteiger partial charge in [-0.25, -0.2) is 18.5 Å². The highest BCUT2D eigenvalue weighted by Gasteiger charge is 2.28. The van der Waals surface area contributed by atoms with Crippen LogP contribution in [0.2, 0.25) is 0 Å². The molecule has 2 atom stereocenters. The number of carbonyl (C=O) groups is 2. The van der Waals surface area contributed by atoms with E-state index >= 15 is 0 Å². The lowest BCUT2D eigenvalue weighted by atomic mass is 10.1. The summed E-state index contributed by atoms with van der Waals surface area (Å²) in [5.41, 5.74) is -1.53. The highest BCUT2D eigenvalue weighted by atomic mass is 32.1. The number of aromatic nitrogens is 2. The molecule has 12 heteroatoms. The van der Waals surface area contributed by atoms with Crippen LogP contribution in [0, 0.1) is 12.7 Å². The van der Waals surface area contributed by atoms with Crippen molar-refractivity contribution >= 4 is 33.4 Å². The molecule has 0 aliphatic rings. The molecular weight excluding hydrogens is 481 g/mol. The zero-order valence-electron chi connectivity index (χ0n) is 19.8. The van der Waals surface area contributed by atoms with Gasteiger partial charge in [0.25, 0.3) is 5.56 Å². The third-order valence-electron chi connectivity index (χ3n) is 5.54. The molecule has 188 valence electrons. The first-order valence-electron chi connectivity index (χ1n) is 10.7. The smallest absolute Gasteiger partial charge is 0.346 e. The molecule has 2 heterocycles. The van der Waals surface area contributed by atoms with Crippen LogP contribution in [0.3, 0.4) is 0 Å². The SMILES string of the molecule is COc1ccc(F)cc1C(O)Cn1c(=O)n(C(C)C(=O)NC(C)C)c(=O)c2c(C)c(C(=O)O)sc21. The fourth-order valence-corrected chi connectivity index (χ4v) is 4.97. The minimum Gasteiger partial charge on any atom is -0.496 e. The van der Waals surface area contributed by atoms with Gasteiger partial charge in [0.15, 0.2) is 0 Å². The van der Waals surface area contributed by atoms with Gasteiger partial charge in [0.1, 0.15) is 33.4 Å². The largest absolute Gasteiger partial charge is 0.496 e. The van der Waals surface area contributed by atoms with Crippen molar-refractivity contribution in [1.29, 1.82) is 0 Å². The van der Waals surface area contributed by atoms with Crippen LogP contribution >= 0.6 is 11.3 Å². The van der Waals surface area contributed by atoms with Crippen molar-refractivity contribution in [3.05, 3.63) is 60.9 Å². The van der Waals surface area contributed by atoms with Crippen molar-refractivity contribution in [2.75, 3.05) is 7.11 Å². The van der Waals surface area contributed by atoms with Crippen molar-refractivity contribution in [1.82, 2.24) is 14.5 Å². The summed E-state index contributed by atoms with van der Waals surface area (Å²) in [7, 11) is 1.34. The van der Waals surface area contributed by atoms with Gasteiger partial charge in [0.05, 0.1) is 19.0 Å². The maximum atomic E-state index is 13.9. The van der Waals surface area contributed by atoms with Crippen molar-refractivity contribution < 1.29 is 28.9 Å². The van der Waals surface area contributed by atoms with Crippen LogP contribution < -0.4 is 21.3 Å². The van der Waals surface area contributed by atoms with Gasteiger partial charge in [-0.15, -0.1) is 11.3 Å². The zero-order chi connectivity index (χ0) is 26.2. The Balaban J connectivity index is 2.29. The van der Waals surface area contributed by atoms with E-state index in [4.69, 9.17) is 4.74 Å². The van der Waals surface area contributed by atoms with Gasteiger partial charge in [0.2, 0.25) is 5.91 Å². The van der Waals surface area contributed by atoms with Crippen LogP contribution in [0.15, 0.2) is 27.8 Å². The summed E-state index contributed by atoms with van der Waals surface area (Å²) in [4.78, 5) is 51.1. The number of aryl methyl sites for hydroxylation is 1. The number of aliphatic hydroxyl groups is 1. The topological polar surface area (TPSA) is 140 Å². The number of carboxylic acid groups (broad SMARTS) is 1. The Kier molecular flexibility index (Phi) is 7.46. The van der Waals surface area contributed by atoms with Gasteiger partial charge in [-0.3, -0.25) is 14.2 Å². The number of hydrogen-bond donors (Lipinski definition) is 3. The maximum Gasteiger partial charge on any atom is 0.346 e. The van der Waals surface area contributed by atoms with Gasteiger partial charge in [0, 0.05) is 11.6 Å². The lowest BCUT2D eigenvalue weighted by molar-refractivity contribution is -0.124. The van der Waals surface area contributed by atoms with E-state index in [0.29, 0.717) is 11.3 Å². The summed E-state index contributed by atoms with van der Waals surface area (Å²) in [6.07, 6.45) is -1.46. The molecule has 0 aliphatic heterocycles. The highest BCUT2D eigenvalue weighted by molar-refractivity contribution is 7.20. The number of amides is 1. The summed E-state index contributed by atoms with van der Waals surface area (Å²) in [5, 5.41) is 23.1. The van der Waals surface area contributed by atoms with E-state index in [1.165, 1.54) is 27.0 Å². The van der Waals surface area contributed by atoms with Crippen molar-refractivity contribution in [2.24, 2.45) is 0 Å². The van der Waals surface area contributed by atoms with E-state index < -0.39 is 47.6 Å². The van der Waals surface area contributed by atoms with Gasteiger partial charge in [-0.1, -0.05) is 0 Å². The number of ether oxygens (including phenoxy) is 1. The molecule has 0 radical (unpaired) electrons. The lowest BCUT2D eigenvalue weighted by Gasteiger charge is -2.20. The Morgan fingerprint density at radius 2 is 1.89 bits per heavy atom. The summed E-state index contributed by atoms with van der Waals surface area (Å²) in [6.45, 7) is 5.81. The molecule has 0 aliphatic carbocycles. The maximum absolute atomic E-state index is 13.9. The molecule has 0 saturated heterocycles. The molecular formula is C23H26FN3O7S. The van der Waals surface area contributed by atoms with Crippen LogP contribution in [0.5, 0.6) is 5.75 Å². The molecule has 0 bridgehead atoms. The Morgan fingerprint density at radius 3 is 2.46 bits per heavy atom. The quantitative estimate of drug-likeness (QED) is 0.425. The predicted octanol–water partition coefficient (Wildman–Crippen LogP) is 2.20. The van der Waals surface area contributed by atoms with E-state index in [1.54, 1.807) is 13.8 Å². The first-order chi connectivity index (χ1) is 16.4. The number of benzene rings is 1. The number of fused-ring (bicyclic) bond motifs is 1. The van der Waals surface area contributed by atoms with E-state index in [2.05, 4.69) is 5.32 Å². The van der Waals surface area contributed by atoms with Crippen molar-refractivity contribution in [2.45, 2.75) is 52.4 Å². The summed E-state index contributed by atoms with van der Waals surface area (Å²) in [6, 6.07) is 2.06. The second kappa shape index (κ2) is 10.0. The molecule has 35 heavy (non-hydrogen) atoms. The standard InChI is InChI=1S/C23H26FN3O7S/c1-10(2)25-19(29)12(4)27-20(30)17-11(3)18(22(31)32)35-21(17)26(23(27)33)9-15(28)14-8-13(24)6-7-16(14)34-5/h6-8,10,12,15,28H,9H2,1-5H3,(H,25,29)(H,31,32). The van der Waals surface area contributed by atoms with Crippen LogP contribution in [-0.2, 0) is 11.3 Å². The van der Waals surface area contributed by atoms with Crippen LogP contribution in [0.4, 0.5) is 4.39 Å². The Hall–Kier alpha value is -3.51. The molecule has 3 aromatic rings. The second-order valence-corrected chi connectivity index (χ2v) is 9.35. The minimum atomic E-state index is -1.46. The van der Waals surface area contributed by atoms with E-state index in [9.17, 15) is 33.8 Å². The molecule has 0 fully saturated rings. The van der Waals surface area contributed by atoms with E-state index in [-0.39, 0.29) is 38.0 Å². The van der Waals surface area contributed by atoms with Gasteiger partial charge in [-0.05, 0) is 51.5 Å². The molecule has 1 amide bonds. The molecule has 1 aromatic carbocycles. The Bertz CT molecular complexity index is 1420. The first kappa shape index (κ1) is 26.1.